The Labute approximate surface area is 468 Å². The molecule has 1 rings (SSSR count). The average molecular weight is 1090 g/mol. The number of aliphatic hydroxyl groups excluding tert-OH is 2. The smallest absolute Gasteiger partial charge is 0.335 e. The number of hydrogen-bond acceptors (Lipinski definition) is 11. The van der Waals surface area contributed by atoms with Crippen molar-refractivity contribution in [3.8, 4) is 0 Å². The van der Waals surface area contributed by atoms with E-state index in [-0.39, 0.29) is 25.9 Å². The molecule has 0 saturated carbocycles. The van der Waals surface area contributed by atoms with Gasteiger partial charge in [-0.25, -0.2) is 4.79 Å². The number of carbonyl (C=O) groups excluding carboxylic acids is 3. The van der Waals surface area contributed by atoms with Crippen LogP contribution in [0.3, 0.4) is 0 Å². The Balaban J connectivity index is 2.69. The fraction of sp³-hybridized carbons (Fsp3) is 0.785. The van der Waals surface area contributed by atoms with Crippen molar-refractivity contribution < 1.29 is 58.2 Å². The van der Waals surface area contributed by atoms with Crippen LogP contribution in [0, 0.1) is 0 Å². The molecule has 0 aromatic carbocycles. The van der Waals surface area contributed by atoms with Gasteiger partial charge in [0.25, 0.3) is 0 Å². The predicted octanol–water partition coefficient (Wildman–Crippen LogP) is 16.3. The molecule has 1 fully saturated rings. The third kappa shape index (κ3) is 43.0. The number of carboxylic acid groups (broad SMARTS) is 1. The van der Waals surface area contributed by atoms with Gasteiger partial charge in [0.2, 0.25) is 0 Å². The first-order valence-electron chi connectivity index (χ1n) is 31.3. The van der Waals surface area contributed by atoms with E-state index in [1.54, 1.807) is 0 Å². The summed E-state index contributed by atoms with van der Waals surface area (Å²) in [6.07, 6.45) is 53.3. The van der Waals surface area contributed by atoms with E-state index in [1.807, 2.05) is 0 Å². The Morgan fingerprint density at radius 3 is 1.25 bits per heavy atom. The second-order valence-electron chi connectivity index (χ2n) is 21.3. The standard InChI is InChI=1S/C65H112O12/c1-4-7-10-13-16-19-22-25-27-28-29-30-32-34-36-39-42-45-48-51-57(66)73-54-56(75-58(67)52-49-46-43-40-38-35-31-26-23-20-17-14-11-8-5-2)55-74-65-63(61(70)60(69)62(77-65)64(71)72)76-59(68)53-50-47-44-41-37-33-24-21-18-15-12-9-6-3/h7,10,16,19,25,27,29-30,34,36,56,60-63,65,69-70H,4-6,8-9,11-15,17-18,20-24,26,28,31-33,35,37-55H2,1-3H3,(H,71,72)/b10-7-,19-16-,27-25-,30-29-,36-34-. The second kappa shape index (κ2) is 53.1. The minimum Gasteiger partial charge on any atom is -0.479 e. The number of esters is 3. The molecule has 0 spiro atoms. The van der Waals surface area contributed by atoms with Crippen molar-refractivity contribution in [1.82, 2.24) is 0 Å². The number of allylic oxidation sites excluding steroid dienone is 10. The lowest BCUT2D eigenvalue weighted by molar-refractivity contribution is -0.301. The van der Waals surface area contributed by atoms with Gasteiger partial charge in [0.05, 0.1) is 6.61 Å². The molecule has 3 N–H and O–H groups in total. The van der Waals surface area contributed by atoms with Gasteiger partial charge in [-0.05, 0) is 64.2 Å². The van der Waals surface area contributed by atoms with Crippen molar-refractivity contribution in [2.75, 3.05) is 13.2 Å². The highest BCUT2D eigenvalue weighted by Gasteiger charge is 2.50. The molecule has 1 saturated heterocycles. The summed E-state index contributed by atoms with van der Waals surface area (Å²) in [7, 11) is 0. The molecule has 12 nitrogen and oxygen atoms in total. The number of carbonyl (C=O) groups is 4. The molecule has 6 unspecified atom stereocenters. The summed E-state index contributed by atoms with van der Waals surface area (Å²) < 4.78 is 28.5. The number of aliphatic carboxylic acids is 1. The molecule has 0 radical (unpaired) electrons. The molecule has 0 aromatic rings. The summed E-state index contributed by atoms with van der Waals surface area (Å²) >= 11 is 0. The summed E-state index contributed by atoms with van der Waals surface area (Å²) in [5.41, 5.74) is 0. The third-order valence-corrected chi connectivity index (χ3v) is 14.1. The Morgan fingerprint density at radius 1 is 0.442 bits per heavy atom. The van der Waals surface area contributed by atoms with E-state index in [9.17, 15) is 34.5 Å². The summed E-state index contributed by atoms with van der Waals surface area (Å²) in [5.74, 6) is -3.14. The maximum Gasteiger partial charge on any atom is 0.335 e. The topological polar surface area (TPSA) is 175 Å². The van der Waals surface area contributed by atoms with Crippen molar-refractivity contribution in [2.24, 2.45) is 0 Å². The van der Waals surface area contributed by atoms with Crippen molar-refractivity contribution >= 4 is 23.9 Å². The molecule has 0 aliphatic carbocycles. The molecule has 1 heterocycles. The van der Waals surface area contributed by atoms with Gasteiger partial charge in [0, 0.05) is 19.3 Å². The molecule has 444 valence electrons. The van der Waals surface area contributed by atoms with Crippen molar-refractivity contribution in [3.05, 3.63) is 60.8 Å². The van der Waals surface area contributed by atoms with Crippen LogP contribution in [-0.2, 0) is 42.9 Å². The number of hydrogen-bond donors (Lipinski definition) is 3. The normalized spacial score (nSPS) is 18.4. The maximum absolute atomic E-state index is 13.2. The van der Waals surface area contributed by atoms with Crippen molar-refractivity contribution in [2.45, 2.75) is 314 Å². The lowest BCUT2D eigenvalue weighted by Crippen LogP contribution is -2.61. The highest BCUT2D eigenvalue weighted by molar-refractivity contribution is 5.74. The predicted molar refractivity (Wildman–Crippen MR) is 312 cm³/mol. The van der Waals surface area contributed by atoms with Crippen LogP contribution in [-0.4, -0.2) is 89.2 Å². The van der Waals surface area contributed by atoms with Gasteiger partial charge in [-0.1, -0.05) is 255 Å². The van der Waals surface area contributed by atoms with E-state index >= 15 is 0 Å². The highest BCUT2D eigenvalue weighted by atomic mass is 16.7. The van der Waals surface area contributed by atoms with E-state index in [1.165, 1.54) is 122 Å². The summed E-state index contributed by atoms with van der Waals surface area (Å²) in [6.45, 7) is 5.87. The highest BCUT2D eigenvalue weighted by Crippen LogP contribution is 2.27. The molecule has 77 heavy (non-hydrogen) atoms. The summed E-state index contributed by atoms with van der Waals surface area (Å²) in [6, 6.07) is 0. The van der Waals surface area contributed by atoms with Crippen LogP contribution in [0.4, 0.5) is 0 Å². The lowest BCUT2D eigenvalue weighted by Gasteiger charge is -2.40. The number of unbranched alkanes of at least 4 members (excludes halogenated alkanes) is 29. The Morgan fingerprint density at radius 2 is 0.818 bits per heavy atom. The molecule has 0 amide bonds. The van der Waals surface area contributed by atoms with Crippen molar-refractivity contribution in [1.29, 1.82) is 0 Å². The fourth-order valence-electron chi connectivity index (χ4n) is 9.34. The zero-order chi connectivity index (χ0) is 56.1. The van der Waals surface area contributed by atoms with Gasteiger partial charge in [0.1, 0.15) is 18.8 Å². The minimum atomic E-state index is -1.90. The molecule has 1 aliphatic rings. The largest absolute Gasteiger partial charge is 0.479 e. The Bertz CT molecular complexity index is 1570. The van der Waals surface area contributed by atoms with Crippen LogP contribution in [0.15, 0.2) is 60.8 Å². The van der Waals surface area contributed by atoms with Gasteiger partial charge >= 0.3 is 23.9 Å². The minimum absolute atomic E-state index is 0.0605. The molecule has 12 heteroatoms. The van der Waals surface area contributed by atoms with Gasteiger partial charge in [-0.3, -0.25) is 14.4 Å². The molecule has 0 bridgehead atoms. The van der Waals surface area contributed by atoms with Crippen LogP contribution in [0.25, 0.3) is 0 Å². The molecular weight excluding hydrogens is 973 g/mol. The van der Waals surface area contributed by atoms with Gasteiger partial charge < -0.3 is 39.0 Å². The zero-order valence-corrected chi connectivity index (χ0v) is 49.0. The van der Waals surface area contributed by atoms with Crippen LogP contribution in [0.1, 0.15) is 278 Å². The first-order chi connectivity index (χ1) is 37.6. The Hall–Kier alpha value is -3.58. The molecule has 1 aliphatic heterocycles. The fourth-order valence-corrected chi connectivity index (χ4v) is 9.34. The van der Waals surface area contributed by atoms with E-state index in [4.69, 9.17) is 23.7 Å². The Kier molecular flexibility index (Phi) is 49.2. The number of aliphatic hydroxyl groups is 2. The first kappa shape index (κ1) is 71.4. The first-order valence-corrected chi connectivity index (χ1v) is 31.3. The zero-order valence-electron chi connectivity index (χ0n) is 49.0. The number of rotatable bonds is 53. The van der Waals surface area contributed by atoms with E-state index in [0.717, 1.165) is 96.3 Å². The van der Waals surface area contributed by atoms with E-state index < -0.39 is 67.3 Å². The second-order valence-corrected chi connectivity index (χ2v) is 21.3. The van der Waals surface area contributed by atoms with Crippen LogP contribution >= 0.6 is 0 Å². The number of carboxylic acids is 1. The van der Waals surface area contributed by atoms with Crippen LogP contribution in [0.2, 0.25) is 0 Å². The molecular formula is C65H112O12. The van der Waals surface area contributed by atoms with Gasteiger partial charge in [-0.15, -0.1) is 0 Å². The van der Waals surface area contributed by atoms with E-state index in [2.05, 4.69) is 81.5 Å². The SMILES string of the molecule is CC/C=C\C/C=C\C/C=C\C/C=C\C/C=C\CCCCCC(=O)OCC(COC1OC(C(=O)O)C(O)C(O)C1OC(=O)CCCCCCCCCCCCCCC)OC(=O)CCCCCCCCCCCCCCCCC. The van der Waals surface area contributed by atoms with Gasteiger partial charge in [-0.2, -0.15) is 0 Å². The quantitative estimate of drug-likeness (QED) is 0.0228. The summed E-state index contributed by atoms with van der Waals surface area (Å²) in [4.78, 5) is 51.2. The van der Waals surface area contributed by atoms with E-state index in [0.29, 0.717) is 19.3 Å². The third-order valence-electron chi connectivity index (χ3n) is 14.1. The van der Waals surface area contributed by atoms with Crippen LogP contribution in [0.5, 0.6) is 0 Å². The number of ether oxygens (including phenoxy) is 5. The van der Waals surface area contributed by atoms with Gasteiger partial charge in [0.15, 0.2) is 24.6 Å². The van der Waals surface area contributed by atoms with Crippen LogP contribution < -0.4 is 0 Å². The lowest BCUT2D eigenvalue weighted by atomic mass is 9.98. The van der Waals surface area contributed by atoms with Crippen molar-refractivity contribution in [3.63, 3.8) is 0 Å². The average Bonchev–Trinajstić information content (AvgIpc) is 3.42. The monoisotopic (exact) mass is 1080 g/mol. The molecule has 6 atom stereocenters. The maximum atomic E-state index is 13.2. The summed E-state index contributed by atoms with van der Waals surface area (Å²) in [5, 5.41) is 31.5. The molecule has 0 aromatic heterocycles.